The Hall–Kier alpha value is -0.520. The fourth-order valence-corrected chi connectivity index (χ4v) is 5.84. The van der Waals surface area contributed by atoms with Crippen molar-refractivity contribution >= 4 is 45.2 Å². The van der Waals surface area contributed by atoms with Gasteiger partial charge in [0, 0.05) is 0 Å². The molecule has 0 spiro atoms. The van der Waals surface area contributed by atoms with Gasteiger partial charge in [0.1, 0.15) is 8.78 Å². The van der Waals surface area contributed by atoms with Crippen molar-refractivity contribution in [3.05, 3.63) is 35.9 Å². The average Bonchev–Trinajstić information content (AvgIpc) is 2.75. The second-order valence-corrected chi connectivity index (χ2v) is 10.9. The second-order valence-electron chi connectivity index (χ2n) is 7.43. The third-order valence-electron chi connectivity index (χ3n) is 4.96. The van der Waals surface area contributed by atoms with Crippen molar-refractivity contribution in [1.82, 2.24) is 0 Å². The highest BCUT2D eigenvalue weighted by atomic mass is 32.2. The first-order valence-electron chi connectivity index (χ1n) is 11.1. The maximum absolute atomic E-state index is 12.1. The second kappa shape index (κ2) is 18.3. The van der Waals surface area contributed by atoms with Crippen LogP contribution in [0, 0.1) is 0 Å². The number of ether oxygens (including phenoxy) is 1. The number of carbonyl (C=O) groups is 1. The summed E-state index contributed by atoms with van der Waals surface area (Å²) in [4.78, 5) is 12.1. The number of aryl methyl sites for hydroxylation is 1. The molecule has 1 rings (SSSR count). The number of carbonyl (C=O) groups excluding carboxylic acids is 1. The van der Waals surface area contributed by atoms with Crippen LogP contribution in [0.15, 0.2) is 30.3 Å². The fraction of sp³-hybridized carbons (Fsp3) is 0.667. The Kier molecular flexibility index (Phi) is 16.7. The molecule has 29 heavy (non-hydrogen) atoms. The van der Waals surface area contributed by atoms with Crippen LogP contribution in [0.1, 0.15) is 83.1 Å². The summed E-state index contributed by atoms with van der Waals surface area (Å²) in [6, 6.07) is 10.3. The lowest BCUT2D eigenvalue weighted by atomic mass is 10.1. The highest BCUT2D eigenvalue weighted by molar-refractivity contribution is 8.47. The molecule has 0 saturated carbocycles. The minimum Gasteiger partial charge on any atom is -0.468 e. The minimum atomic E-state index is -0.215. The van der Waals surface area contributed by atoms with Crippen LogP contribution in [0.3, 0.4) is 0 Å². The molecule has 1 aromatic carbocycles. The average molecular weight is 455 g/mol. The van der Waals surface area contributed by atoms with Crippen molar-refractivity contribution in [2.75, 3.05) is 12.9 Å². The van der Waals surface area contributed by atoms with Gasteiger partial charge in [0.2, 0.25) is 0 Å². The third kappa shape index (κ3) is 14.2. The van der Waals surface area contributed by atoms with Crippen molar-refractivity contribution in [1.29, 1.82) is 0 Å². The normalized spacial score (nSPS) is 11.9. The summed E-state index contributed by atoms with van der Waals surface area (Å²) in [5.41, 5.74) is 1.24. The molecule has 1 aromatic rings. The Balaban J connectivity index is 2.12. The van der Waals surface area contributed by atoms with E-state index in [1.807, 2.05) is 18.2 Å². The summed E-state index contributed by atoms with van der Waals surface area (Å²) in [6.07, 6.45) is 15.1. The van der Waals surface area contributed by atoms with Gasteiger partial charge in [-0.05, 0) is 30.6 Å². The summed E-state index contributed by atoms with van der Waals surface area (Å²) in [7, 11) is 1.46. The van der Waals surface area contributed by atoms with Gasteiger partial charge in [0.15, 0.2) is 0 Å². The third-order valence-corrected chi connectivity index (χ3v) is 7.88. The molecule has 1 unspecified atom stereocenters. The zero-order valence-corrected chi connectivity index (χ0v) is 20.6. The number of benzene rings is 1. The lowest BCUT2D eigenvalue weighted by Crippen LogP contribution is -2.20. The van der Waals surface area contributed by atoms with Crippen molar-refractivity contribution < 1.29 is 9.53 Å². The van der Waals surface area contributed by atoms with Crippen LogP contribution in [0.2, 0.25) is 0 Å². The van der Waals surface area contributed by atoms with E-state index < -0.39 is 0 Å². The van der Waals surface area contributed by atoms with Gasteiger partial charge in [-0.3, -0.25) is 4.79 Å². The van der Waals surface area contributed by atoms with E-state index >= 15 is 0 Å². The monoisotopic (exact) mass is 454 g/mol. The number of hydrogen-bond donors (Lipinski definition) is 0. The van der Waals surface area contributed by atoms with Crippen molar-refractivity contribution in [3.63, 3.8) is 0 Å². The largest absolute Gasteiger partial charge is 0.468 e. The molecule has 5 heteroatoms. The standard InChI is InChI=1S/C24H38O2S3/c1-3-4-5-6-7-8-9-10-11-15-20-28-24(27)29-22(23(25)26-2)19-18-21-16-13-12-14-17-21/h12-14,16-17,22H,3-11,15,18-20H2,1-2H3. The zero-order valence-electron chi connectivity index (χ0n) is 18.2. The number of thioether (sulfide) groups is 2. The van der Waals surface area contributed by atoms with Crippen LogP contribution in [-0.4, -0.2) is 27.6 Å². The first-order valence-corrected chi connectivity index (χ1v) is 13.4. The van der Waals surface area contributed by atoms with Gasteiger partial charge in [-0.15, -0.1) is 11.8 Å². The van der Waals surface area contributed by atoms with Crippen LogP contribution in [0.25, 0.3) is 0 Å². The van der Waals surface area contributed by atoms with Gasteiger partial charge in [0.25, 0.3) is 0 Å². The lowest BCUT2D eigenvalue weighted by Gasteiger charge is -2.14. The molecule has 0 fully saturated rings. The van der Waals surface area contributed by atoms with E-state index in [0.29, 0.717) is 0 Å². The van der Waals surface area contributed by atoms with Crippen LogP contribution >= 0.6 is 35.7 Å². The minimum absolute atomic E-state index is 0.173. The van der Waals surface area contributed by atoms with Crippen molar-refractivity contribution in [2.45, 2.75) is 89.2 Å². The Morgan fingerprint density at radius 2 is 1.55 bits per heavy atom. The number of methoxy groups -OCH3 is 1. The zero-order chi connectivity index (χ0) is 21.2. The highest BCUT2D eigenvalue weighted by Crippen LogP contribution is 2.27. The number of thiocarbonyl (C=S) groups is 1. The Bertz CT molecular complexity index is 548. The number of hydrogen-bond acceptors (Lipinski definition) is 5. The molecule has 0 bridgehead atoms. The molecular weight excluding hydrogens is 416 g/mol. The van der Waals surface area contributed by atoms with E-state index in [-0.39, 0.29) is 11.2 Å². The lowest BCUT2D eigenvalue weighted by molar-refractivity contribution is -0.140. The summed E-state index contributed by atoms with van der Waals surface area (Å²) < 4.78 is 5.85. The summed E-state index contributed by atoms with van der Waals surface area (Å²) in [6.45, 7) is 2.27. The summed E-state index contributed by atoms with van der Waals surface area (Å²) >= 11 is 8.73. The Morgan fingerprint density at radius 1 is 0.966 bits per heavy atom. The van der Waals surface area contributed by atoms with E-state index in [2.05, 4.69) is 19.1 Å². The van der Waals surface area contributed by atoms with Gasteiger partial charge < -0.3 is 4.74 Å². The van der Waals surface area contributed by atoms with E-state index in [1.165, 1.54) is 88.6 Å². The summed E-state index contributed by atoms with van der Waals surface area (Å²) in [5, 5.41) is -0.215. The maximum Gasteiger partial charge on any atom is 0.319 e. The van der Waals surface area contributed by atoms with Gasteiger partial charge in [-0.2, -0.15) is 0 Å². The van der Waals surface area contributed by atoms with Crippen LogP contribution in [0.5, 0.6) is 0 Å². The molecular formula is C24H38O2S3. The van der Waals surface area contributed by atoms with E-state index in [4.69, 9.17) is 17.0 Å². The SMILES string of the molecule is CCCCCCCCCCCCSC(=S)SC(CCc1ccccc1)C(=O)OC. The van der Waals surface area contributed by atoms with Gasteiger partial charge in [-0.25, -0.2) is 0 Å². The Morgan fingerprint density at radius 3 is 2.14 bits per heavy atom. The molecule has 0 saturated heterocycles. The molecule has 1 atom stereocenters. The van der Waals surface area contributed by atoms with E-state index in [1.54, 1.807) is 11.8 Å². The molecule has 164 valence electrons. The fourth-order valence-electron chi connectivity index (χ4n) is 3.19. The quantitative estimate of drug-likeness (QED) is 0.144. The summed E-state index contributed by atoms with van der Waals surface area (Å²) in [5.74, 6) is 0.877. The van der Waals surface area contributed by atoms with Crippen LogP contribution < -0.4 is 0 Å². The molecule has 2 nitrogen and oxygen atoms in total. The molecule has 0 aliphatic heterocycles. The first-order chi connectivity index (χ1) is 14.2. The smallest absolute Gasteiger partial charge is 0.319 e. The molecule has 0 aromatic heterocycles. The van der Waals surface area contributed by atoms with Crippen LogP contribution in [0.4, 0.5) is 0 Å². The molecule has 0 heterocycles. The molecule has 0 N–H and O–H groups in total. The molecule has 0 amide bonds. The van der Waals surface area contributed by atoms with Gasteiger partial charge in [0.05, 0.1) is 7.11 Å². The number of esters is 1. The van der Waals surface area contributed by atoms with Crippen molar-refractivity contribution in [2.24, 2.45) is 0 Å². The molecule has 0 aliphatic rings. The van der Waals surface area contributed by atoms with Crippen LogP contribution in [-0.2, 0) is 16.0 Å². The van der Waals surface area contributed by atoms with Gasteiger partial charge in [-0.1, -0.05) is 119 Å². The molecule has 0 radical (unpaired) electrons. The Labute approximate surface area is 192 Å². The topological polar surface area (TPSA) is 26.3 Å². The predicted octanol–water partition coefficient (Wildman–Crippen LogP) is 7.83. The predicted molar refractivity (Wildman–Crippen MR) is 135 cm³/mol. The number of unbranched alkanes of at least 4 members (excludes halogenated alkanes) is 9. The highest BCUT2D eigenvalue weighted by Gasteiger charge is 2.21. The van der Waals surface area contributed by atoms with E-state index in [0.717, 1.165) is 22.1 Å². The van der Waals surface area contributed by atoms with E-state index in [9.17, 15) is 4.79 Å². The maximum atomic E-state index is 12.1. The first kappa shape index (κ1) is 26.5. The van der Waals surface area contributed by atoms with Crippen molar-refractivity contribution in [3.8, 4) is 0 Å². The molecule has 0 aliphatic carbocycles. The number of rotatable bonds is 16. The van der Waals surface area contributed by atoms with Gasteiger partial charge >= 0.3 is 5.97 Å².